The van der Waals surface area contributed by atoms with E-state index in [9.17, 15) is 9.50 Å². The number of ether oxygens (including phenoxy) is 1. The number of phenols is 1. The van der Waals surface area contributed by atoms with E-state index in [0.717, 1.165) is 19.4 Å². The summed E-state index contributed by atoms with van der Waals surface area (Å²) in [6.07, 6.45) is 3.05. The zero-order chi connectivity index (χ0) is 9.97. The Kier molecular flexibility index (Phi) is 2.68. The van der Waals surface area contributed by atoms with Crippen LogP contribution in [0.1, 0.15) is 18.4 Å². The van der Waals surface area contributed by atoms with Crippen molar-refractivity contribution in [2.24, 2.45) is 0 Å². The molecule has 1 fully saturated rings. The molecule has 0 bridgehead atoms. The molecule has 0 saturated carbocycles. The van der Waals surface area contributed by atoms with Gasteiger partial charge in [0.2, 0.25) is 0 Å². The summed E-state index contributed by atoms with van der Waals surface area (Å²) in [6, 6.07) is 4.06. The first-order valence-corrected chi connectivity index (χ1v) is 4.85. The molecular weight excluding hydrogens is 183 g/mol. The van der Waals surface area contributed by atoms with Crippen molar-refractivity contribution in [3.8, 4) is 5.75 Å². The number of benzene rings is 1. The third kappa shape index (κ3) is 2.45. The number of epoxide rings is 1. The number of hydrogen-bond donors (Lipinski definition) is 1. The minimum Gasteiger partial charge on any atom is -0.508 e. The second kappa shape index (κ2) is 3.96. The van der Waals surface area contributed by atoms with E-state index in [2.05, 4.69) is 0 Å². The molecule has 2 rings (SSSR count). The molecule has 76 valence electrons. The lowest BCUT2D eigenvalue weighted by molar-refractivity contribution is 0.390. The Bertz CT molecular complexity index is 321. The van der Waals surface area contributed by atoms with Crippen LogP contribution in [0.3, 0.4) is 0 Å². The van der Waals surface area contributed by atoms with Crippen molar-refractivity contribution in [2.45, 2.75) is 25.4 Å². The monoisotopic (exact) mass is 196 g/mol. The second-order valence-corrected chi connectivity index (χ2v) is 3.62. The highest BCUT2D eigenvalue weighted by Crippen LogP contribution is 2.22. The van der Waals surface area contributed by atoms with Crippen LogP contribution in [0.4, 0.5) is 4.39 Å². The number of aryl methyl sites for hydroxylation is 1. The van der Waals surface area contributed by atoms with Crippen molar-refractivity contribution in [3.63, 3.8) is 0 Å². The van der Waals surface area contributed by atoms with Gasteiger partial charge in [-0.05, 0) is 43.0 Å². The summed E-state index contributed by atoms with van der Waals surface area (Å²) in [5.74, 6) is -0.108. The fraction of sp³-hybridized carbons (Fsp3) is 0.455. The SMILES string of the molecule is Oc1ccc(F)cc1CCC[C@H]1CO1. The summed E-state index contributed by atoms with van der Waals surface area (Å²) in [7, 11) is 0. The third-order valence-electron chi connectivity index (χ3n) is 2.42. The van der Waals surface area contributed by atoms with Crippen LogP contribution in [0.5, 0.6) is 5.75 Å². The van der Waals surface area contributed by atoms with Gasteiger partial charge in [0.15, 0.2) is 0 Å². The first kappa shape index (κ1) is 9.46. The van der Waals surface area contributed by atoms with Crippen LogP contribution in [-0.4, -0.2) is 17.8 Å². The molecule has 1 N–H and O–H groups in total. The fourth-order valence-corrected chi connectivity index (χ4v) is 1.51. The van der Waals surface area contributed by atoms with Crippen molar-refractivity contribution < 1.29 is 14.2 Å². The highest BCUT2D eigenvalue weighted by Gasteiger charge is 2.21. The van der Waals surface area contributed by atoms with Gasteiger partial charge in [-0.1, -0.05) is 0 Å². The lowest BCUT2D eigenvalue weighted by Gasteiger charge is -2.03. The largest absolute Gasteiger partial charge is 0.508 e. The van der Waals surface area contributed by atoms with Gasteiger partial charge in [-0.2, -0.15) is 0 Å². The quantitative estimate of drug-likeness (QED) is 0.749. The summed E-state index contributed by atoms with van der Waals surface area (Å²) in [6.45, 7) is 0.856. The predicted octanol–water partition coefficient (Wildman–Crippen LogP) is 2.25. The average molecular weight is 196 g/mol. The summed E-state index contributed by atoms with van der Waals surface area (Å²) < 4.78 is 17.9. The minimum absolute atomic E-state index is 0.183. The number of aromatic hydroxyl groups is 1. The standard InChI is InChI=1S/C11H13FO2/c12-9-4-5-11(13)8(6-9)2-1-3-10-7-14-10/h4-6,10,13H,1-3,7H2/t10-/m0/s1. The van der Waals surface area contributed by atoms with Crippen molar-refractivity contribution in [1.82, 2.24) is 0 Å². The van der Waals surface area contributed by atoms with Gasteiger partial charge in [0.1, 0.15) is 11.6 Å². The topological polar surface area (TPSA) is 32.8 Å². The Balaban J connectivity index is 1.89. The molecule has 1 heterocycles. The van der Waals surface area contributed by atoms with Crippen LogP contribution in [0.15, 0.2) is 18.2 Å². The molecule has 3 heteroatoms. The van der Waals surface area contributed by atoms with Crippen molar-refractivity contribution in [2.75, 3.05) is 6.61 Å². The second-order valence-electron chi connectivity index (χ2n) is 3.62. The molecule has 1 aromatic carbocycles. The van der Waals surface area contributed by atoms with Crippen molar-refractivity contribution in [3.05, 3.63) is 29.6 Å². The van der Waals surface area contributed by atoms with E-state index < -0.39 is 0 Å². The Hall–Kier alpha value is -1.09. The number of phenolic OH excluding ortho intramolecular Hbond substituents is 1. The van der Waals surface area contributed by atoms with Crippen LogP contribution >= 0.6 is 0 Å². The van der Waals surface area contributed by atoms with Crippen molar-refractivity contribution >= 4 is 0 Å². The molecule has 2 nitrogen and oxygen atoms in total. The zero-order valence-electron chi connectivity index (χ0n) is 7.87. The molecule has 0 radical (unpaired) electrons. The molecule has 1 aromatic rings. The fourth-order valence-electron chi connectivity index (χ4n) is 1.51. The highest BCUT2D eigenvalue weighted by atomic mass is 19.1. The van der Waals surface area contributed by atoms with Crippen LogP contribution in [0.25, 0.3) is 0 Å². The first-order chi connectivity index (χ1) is 6.75. The summed E-state index contributed by atoms with van der Waals surface area (Å²) in [5.41, 5.74) is 0.686. The van der Waals surface area contributed by atoms with Crippen LogP contribution < -0.4 is 0 Å². The lowest BCUT2D eigenvalue weighted by Crippen LogP contribution is -1.91. The third-order valence-corrected chi connectivity index (χ3v) is 2.42. The Morgan fingerprint density at radius 2 is 2.29 bits per heavy atom. The number of hydrogen-bond acceptors (Lipinski definition) is 2. The van der Waals surface area contributed by atoms with E-state index in [1.807, 2.05) is 0 Å². The molecule has 1 aliphatic heterocycles. The molecule has 1 saturated heterocycles. The molecule has 14 heavy (non-hydrogen) atoms. The van der Waals surface area contributed by atoms with Gasteiger partial charge in [-0.25, -0.2) is 4.39 Å². The Labute approximate surface area is 82.3 Å². The van der Waals surface area contributed by atoms with E-state index in [1.54, 1.807) is 0 Å². The molecule has 0 amide bonds. The first-order valence-electron chi connectivity index (χ1n) is 4.85. The van der Waals surface area contributed by atoms with Gasteiger partial charge >= 0.3 is 0 Å². The summed E-state index contributed by atoms with van der Waals surface area (Å²) in [4.78, 5) is 0. The molecule has 1 aliphatic rings. The number of halogens is 1. The summed E-state index contributed by atoms with van der Waals surface area (Å²) >= 11 is 0. The molecule has 0 aliphatic carbocycles. The van der Waals surface area contributed by atoms with Crippen LogP contribution in [-0.2, 0) is 11.2 Å². The smallest absolute Gasteiger partial charge is 0.123 e. The number of rotatable bonds is 4. The summed E-state index contributed by atoms with van der Waals surface area (Å²) in [5, 5.41) is 9.42. The molecule has 0 unspecified atom stereocenters. The molecule has 0 aromatic heterocycles. The van der Waals surface area contributed by atoms with E-state index in [1.165, 1.54) is 18.2 Å². The van der Waals surface area contributed by atoms with E-state index in [-0.39, 0.29) is 11.6 Å². The average Bonchev–Trinajstić information content (AvgIpc) is 2.95. The van der Waals surface area contributed by atoms with Gasteiger partial charge in [0, 0.05) is 0 Å². The van der Waals surface area contributed by atoms with Gasteiger partial charge in [-0.3, -0.25) is 0 Å². The van der Waals surface area contributed by atoms with Crippen molar-refractivity contribution in [1.29, 1.82) is 0 Å². The minimum atomic E-state index is -0.291. The Morgan fingerprint density at radius 3 is 3.00 bits per heavy atom. The zero-order valence-corrected chi connectivity index (χ0v) is 7.87. The normalized spacial score (nSPS) is 19.6. The predicted molar refractivity (Wildman–Crippen MR) is 50.7 cm³/mol. The maximum absolute atomic E-state index is 12.8. The van der Waals surface area contributed by atoms with Gasteiger partial charge in [0.05, 0.1) is 12.7 Å². The maximum Gasteiger partial charge on any atom is 0.123 e. The van der Waals surface area contributed by atoms with Crippen LogP contribution in [0.2, 0.25) is 0 Å². The molecule has 1 atom stereocenters. The lowest BCUT2D eigenvalue weighted by atomic mass is 10.1. The van der Waals surface area contributed by atoms with Gasteiger partial charge in [0.25, 0.3) is 0 Å². The van der Waals surface area contributed by atoms with E-state index >= 15 is 0 Å². The van der Waals surface area contributed by atoms with Crippen LogP contribution in [0, 0.1) is 5.82 Å². The maximum atomic E-state index is 12.8. The van der Waals surface area contributed by atoms with Gasteiger partial charge < -0.3 is 9.84 Å². The Morgan fingerprint density at radius 1 is 1.50 bits per heavy atom. The highest BCUT2D eigenvalue weighted by molar-refractivity contribution is 5.32. The molecular formula is C11H13FO2. The van der Waals surface area contributed by atoms with E-state index in [4.69, 9.17) is 4.74 Å². The van der Waals surface area contributed by atoms with E-state index in [0.29, 0.717) is 18.1 Å². The molecule has 0 spiro atoms. The van der Waals surface area contributed by atoms with Gasteiger partial charge in [-0.15, -0.1) is 0 Å².